The molecule has 67 heavy (non-hydrogen) atoms. The fraction of sp³-hybridized carbons (Fsp3) is 0.721. The minimum Gasteiger partial charge on any atom is -0.462 e. The zero-order valence-electron chi connectivity index (χ0n) is 43.9. The second kappa shape index (κ2) is 55.2. The lowest BCUT2D eigenvalue weighted by atomic mass is 10.1. The molecule has 0 radical (unpaired) electrons. The van der Waals surface area contributed by atoms with Crippen molar-refractivity contribution in [1.29, 1.82) is 0 Å². The molecule has 6 heteroatoms. The predicted molar refractivity (Wildman–Crippen MR) is 288 cm³/mol. The molecule has 0 aliphatic carbocycles. The Morgan fingerprint density at radius 3 is 0.896 bits per heavy atom. The maximum absolute atomic E-state index is 12.8. The van der Waals surface area contributed by atoms with Gasteiger partial charge >= 0.3 is 17.9 Å². The largest absolute Gasteiger partial charge is 0.462 e. The zero-order chi connectivity index (χ0) is 48.6. The number of carbonyl (C=O) groups is 3. The molecular weight excluding hydrogens is 829 g/mol. The van der Waals surface area contributed by atoms with Crippen LogP contribution in [0.15, 0.2) is 85.1 Å². The van der Waals surface area contributed by atoms with Crippen LogP contribution in [-0.2, 0) is 28.6 Å². The van der Waals surface area contributed by atoms with E-state index in [1.807, 2.05) is 0 Å². The van der Waals surface area contributed by atoms with E-state index < -0.39 is 6.10 Å². The summed E-state index contributed by atoms with van der Waals surface area (Å²) in [7, 11) is 0. The number of hydrogen-bond acceptors (Lipinski definition) is 6. The Labute approximate surface area is 414 Å². The fourth-order valence-corrected chi connectivity index (χ4v) is 7.57. The number of unbranched alkanes of at least 4 members (excludes halogenated alkanes) is 25. The molecule has 6 nitrogen and oxygen atoms in total. The van der Waals surface area contributed by atoms with E-state index in [1.54, 1.807) is 0 Å². The van der Waals surface area contributed by atoms with Crippen molar-refractivity contribution in [2.45, 2.75) is 271 Å². The smallest absolute Gasteiger partial charge is 0.306 e. The van der Waals surface area contributed by atoms with E-state index >= 15 is 0 Å². The van der Waals surface area contributed by atoms with Crippen molar-refractivity contribution in [3.05, 3.63) is 85.1 Å². The summed E-state index contributed by atoms with van der Waals surface area (Å²) in [4.78, 5) is 38.1. The van der Waals surface area contributed by atoms with Crippen LogP contribution in [0.3, 0.4) is 0 Å². The Kier molecular flexibility index (Phi) is 52.4. The molecular formula is C61H104O6. The molecule has 0 saturated carbocycles. The molecule has 0 aromatic rings. The lowest BCUT2D eigenvalue weighted by Gasteiger charge is -2.18. The summed E-state index contributed by atoms with van der Waals surface area (Å²) >= 11 is 0. The Balaban J connectivity index is 4.47. The summed E-state index contributed by atoms with van der Waals surface area (Å²) in [5.74, 6) is -0.942. The molecule has 0 aliphatic heterocycles. The second-order valence-electron chi connectivity index (χ2n) is 18.5. The standard InChI is InChI=1S/C61H104O6/c1-4-7-10-13-16-19-22-25-28-29-30-31-34-36-39-42-45-48-51-54-60(63)66-57-58(67-61(64)55-52-49-46-43-40-37-33-27-24-21-18-15-12-9-6-3)56-65-59(62)53-50-47-44-41-38-35-32-26-23-20-17-14-11-8-5-2/h16,18-21,23,25,27-28,30-31,33,36,39,58H,4-15,17,22,24,26,29,32,34-35,37-38,40-57H2,1-3H3/b19-16-,21-18-,23-20-,28-25-,31-30-,33-27-,39-36-/t58-/m0/s1. The molecule has 0 saturated heterocycles. The van der Waals surface area contributed by atoms with Crippen molar-refractivity contribution in [1.82, 2.24) is 0 Å². The first-order valence-electron chi connectivity index (χ1n) is 28.1. The van der Waals surface area contributed by atoms with Crippen LogP contribution in [0.25, 0.3) is 0 Å². The van der Waals surface area contributed by atoms with E-state index in [9.17, 15) is 14.4 Å². The van der Waals surface area contributed by atoms with Gasteiger partial charge in [0, 0.05) is 19.3 Å². The van der Waals surface area contributed by atoms with Gasteiger partial charge in [-0.3, -0.25) is 14.4 Å². The van der Waals surface area contributed by atoms with Gasteiger partial charge in [0.1, 0.15) is 13.2 Å². The molecule has 0 unspecified atom stereocenters. The molecule has 0 amide bonds. The predicted octanol–water partition coefficient (Wildman–Crippen LogP) is 18.8. The van der Waals surface area contributed by atoms with E-state index in [4.69, 9.17) is 14.2 Å². The lowest BCUT2D eigenvalue weighted by molar-refractivity contribution is -0.167. The highest BCUT2D eigenvalue weighted by molar-refractivity contribution is 5.71. The van der Waals surface area contributed by atoms with Gasteiger partial charge in [0.2, 0.25) is 0 Å². The zero-order valence-corrected chi connectivity index (χ0v) is 43.9. The number of ether oxygens (including phenoxy) is 3. The van der Waals surface area contributed by atoms with Crippen LogP contribution < -0.4 is 0 Å². The highest BCUT2D eigenvalue weighted by Crippen LogP contribution is 2.14. The molecule has 384 valence electrons. The van der Waals surface area contributed by atoms with E-state index in [1.165, 1.54) is 116 Å². The van der Waals surface area contributed by atoms with Crippen molar-refractivity contribution in [3.8, 4) is 0 Å². The minimum atomic E-state index is -0.799. The van der Waals surface area contributed by atoms with Crippen molar-refractivity contribution in [3.63, 3.8) is 0 Å². The minimum absolute atomic E-state index is 0.0950. The summed E-state index contributed by atoms with van der Waals surface area (Å²) in [6, 6.07) is 0. The summed E-state index contributed by atoms with van der Waals surface area (Å²) in [6.07, 6.45) is 71.3. The Hall–Kier alpha value is -3.41. The van der Waals surface area contributed by atoms with Crippen molar-refractivity contribution in [2.75, 3.05) is 13.2 Å². The number of allylic oxidation sites excluding steroid dienone is 14. The highest BCUT2D eigenvalue weighted by atomic mass is 16.6. The summed E-state index contributed by atoms with van der Waals surface area (Å²) in [5, 5.41) is 0. The van der Waals surface area contributed by atoms with Gasteiger partial charge in [0.25, 0.3) is 0 Å². The first-order valence-corrected chi connectivity index (χ1v) is 28.1. The van der Waals surface area contributed by atoms with Gasteiger partial charge in [-0.1, -0.05) is 209 Å². The first-order chi connectivity index (χ1) is 33.0. The highest BCUT2D eigenvalue weighted by Gasteiger charge is 2.19. The van der Waals surface area contributed by atoms with Crippen LogP contribution in [0.1, 0.15) is 265 Å². The number of carbonyl (C=O) groups excluding carboxylic acids is 3. The van der Waals surface area contributed by atoms with E-state index in [0.717, 1.165) is 109 Å². The number of hydrogen-bond donors (Lipinski definition) is 0. The average molecular weight is 933 g/mol. The maximum Gasteiger partial charge on any atom is 0.306 e. The molecule has 1 atom stereocenters. The van der Waals surface area contributed by atoms with E-state index in [2.05, 4.69) is 106 Å². The van der Waals surface area contributed by atoms with Gasteiger partial charge < -0.3 is 14.2 Å². The van der Waals surface area contributed by atoms with Crippen LogP contribution in [0.2, 0.25) is 0 Å². The quantitative estimate of drug-likeness (QED) is 0.0262. The van der Waals surface area contributed by atoms with Crippen LogP contribution in [0, 0.1) is 0 Å². The fourth-order valence-electron chi connectivity index (χ4n) is 7.57. The van der Waals surface area contributed by atoms with Crippen molar-refractivity contribution >= 4 is 17.9 Å². The van der Waals surface area contributed by atoms with Crippen LogP contribution in [0.5, 0.6) is 0 Å². The molecule has 0 spiro atoms. The first kappa shape index (κ1) is 63.6. The number of esters is 3. The third-order valence-corrected chi connectivity index (χ3v) is 11.8. The third-order valence-electron chi connectivity index (χ3n) is 11.8. The monoisotopic (exact) mass is 933 g/mol. The Bertz CT molecular complexity index is 1300. The van der Waals surface area contributed by atoms with Gasteiger partial charge in [0.05, 0.1) is 0 Å². The van der Waals surface area contributed by atoms with Crippen LogP contribution in [-0.4, -0.2) is 37.2 Å². The molecule has 0 aromatic carbocycles. The Morgan fingerprint density at radius 1 is 0.299 bits per heavy atom. The SMILES string of the molecule is CCCCC/C=C\C/C=C\C/C=C\C/C=C\CCCCCC(=O)OC[C@H](COC(=O)CCCCCCCCC/C=C\CCCCCC)OC(=O)CCCCCCC/C=C\C/C=C\CCCCC. The van der Waals surface area contributed by atoms with Gasteiger partial charge in [-0.05, 0) is 122 Å². The molecule has 0 aliphatic rings. The topological polar surface area (TPSA) is 78.9 Å². The summed E-state index contributed by atoms with van der Waals surface area (Å²) < 4.78 is 16.8. The second-order valence-corrected chi connectivity index (χ2v) is 18.5. The van der Waals surface area contributed by atoms with Crippen molar-refractivity contribution in [2.24, 2.45) is 0 Å². The number of rotatable bonds is 50. The van der Waals surface area contributed by atoms with Crippen LogP contribution in [0.4, 0.5) is 0 Å². The normalized spacial score (nSPS) is 12.7. The molecule has 0 aromatic heterocycles. The van der Waals surface area contributed by atoms with Crippen LogP contribution >= 0.6 is 0 Å². The molecule has 0 rings (SSSR count). The van der Waals surface area contributed by atoms with Gasteiger partial charge in [0.15, 0.2) is 6.10 Å². The summed E-state index contributed by atoms with van der Waals surface area (Å²) in [5.41, 5.74) is 0. The Morgan fingerprint density at radius 2 is 0.537 bits per heavy atom. The van der Waals surface area contributed by atoms with E-state index in [0.29, 0.717) is 19.3 Å². The average Bonchev–Trinajstić information content (AvgIpc) is 3.33. The third kappa shape index (κ3) is 53.4. The van der Waals surface area contributed by atoms with Gasteiger partial charge in [-0.15, -0.1) is 0 Å². The molecule has 0 N–H and O–H groups in total. The lowest BCUT2D eigenvalue weighted by Crippen LogP contribution is -2.30. The van der Waals surface area contributed by atoms with E-state index in [-0.39, 0.29) is 31.1 Å². The molecule has 0 fully saturated rings. The van der Waals surface area contributed by atoms with Gasteiger partial charge in [-0.2, -0.15) is 0 Å². The van der Waals surface area contributed by atoms with Gasteiger partial charge in [-0.25, -0.2) is 0 Å². The molecule has 0 bridgehead atoms. The maximum atomic E-state index is 12.8. The summed E-state index contributed by atoms with van der Waals surface area (Å²) in [6.45, 7) is 6.54. The molecule has 0 heterocycles. The van der Waals surface area contributed by atoms with Crippen molar-refractivity contribution < 1.29 is 28.6 Å².